The molecular weight excluding hydrogens is 286 g/mol. The number of hydrogen-bond acceptors (Lipinski definition) is 4. The van der Waals surface area contributed by atoms with E-state index in [1.54, 1.807) is 23.6 Å². The summed E-state index contributed by atoms with van der Waals surface area (Å²) < 4.78 is 4.81. The van der Waals surface area contributed by atoms with Crippen molar-refractivity contribution < 1.29 is 14.3 Å². The van der Waals surface area contributed by atoms with Crippen molar-refractivity contribution in [3.8, 4) is 0 Å². The molecule has 0 aromatic heterocycles. The number of benzene rings is 1. The number of rotatable bonds is 5. The number of carbonyl (C=O) groups excluding carboxylic acids is 2. The van der Waals surface area contributed by atoms with Crippen LogP contribution in [-0.2, 0) is 20.9 Å². The minimum Gasteiger partial charge on any atom is -0.467 e. The van der Waals surface area contributed by atoms with Crippen molar-refractivity contribution in [2.75, 3.05) is 18.6 Å². The normalized spacial score (nSPS) is 19.0. The lowest BCUT2D eigenvalue weighted by atomic mass is 10.1. The second-order valence-corrected chi connectivity index (χ2v) is 6.36. The number of methoxy groups -OCH3 is 1. The molecule has 114 valence electrons. The molecule has 0 radical (unpaired) electrons. The third kappa shape index (κ3) is 4.00. The number of amides is 1. The number of carbonyl (C=O) groups is 2. The molecule has 5 heteroatoms. The highest BCUT2D eigenvalue weighted by atomic mass is 32.2. The summed E-state index contributed by atoms with van der Waals surface area (Å²) in [4.78, 5) is 26.2. The number of hydrogen-bond donors (Lipinski definition) is 0. The topological polar surface area (TPSA) is 46.6 Å². The Balaban J connectivity index is 2.16. The fraction of sp³-hybridized carbons (Fsp3) is 0.500. The van der Waals surface area contributed by atoms with Gasteiger partial charge in [-0.3, -0.25) is 4.79 Å². The van der Waals surface area contributed by atoms with E-state index in [0.717, 1.165) is 23.5 Å². The number of esters is 1. The van der Waals surface area contributed by atoms with E-state index in [1.807, 2.05) is 30.3 Å². The molecule has 0 saturated carbocycles. The molecule has 0 aliphatic carbocycles. The largest absolute Gasteiger partial charge is 0.467 e. The Kier molecular flexibility index (Phi) is 5.67. The molecule has 2 rings (SSSR count). The van der Waals surface area contributed by atoms with Gasteiger partial charge in [0.05, 0.1) is 7.11 Å². The predicted octanol–water partition coefficient (Wildman–Crippen LogP) is 2.33. The molecule has 1 heterocycles. The summed E-state index contributed by atoms with van der Waals surface area (Å²) >= 11 is 1.80. The van der Waals surface area contributed by atoms with Crippen LogP contribution < -0.4 is 0 Å². The Morgan fingerprint density at radius 2 is 2.10 bits per heavy atom. The second kappa shape index (κ2) is 7.50. The van der Waals surface area contributed by atoms with Crippen LogP contribution in [0.5, 0.6) is 0 Å². The van der Waals surface area contributed by atoms with Crippen LogP contribution in [0.2, 0.25) is 0 Å². The quantitative estimate of drug-likeness (QED) is 0.783. The molecule has 0 spiro atoms. The zero-order chi connectivity index (χ0) is 15.2. The van der Waals surface area contributed by atoms with Crippen LogP contribution in [0.3, 0.4) is 0 Å². The lowest BCUT2D eigenvalue weighted by Gasteiger charge is -2.29. The average molecular weight is 307 g/mol. The first-order chi connectivity index (χ1) is 10.1. The highest BCUT2D eigenvalue weighted by Crippen LogP contribution is 2.26. The van der Waals surface area contributed by atoms with Gasteiger partial charge in [0.2, 0.25) is 5.91 Å². The van der Waals surface area contributed by atoms with Gasteiger partial charge in [-0.25, -0.2) is 4.79 Å². The molecule has 1 aliphatic heterocycles. The zero-order valence-electron chi connectivity index (χ0n) is 12.5. The van der Waals surface area contributed by atoms with E-state index in [9.17, 15) is 9.59 Å². The third-order valence-electron chi connectivity index (χ3n) is 3.77. The monoisotopic (exact) mass is 307 g/mol. The van der Waals surface area contributed by atoms with Gasteiger partial charge in [-0.2, -0.15) is 11.8 Å². The summed E-state index contributed by atoms with van der Waals surface area (Å²) in [7, 11) is 1.36. The Morgan fingerprint density at radius 3 is 2.67 bits per heavy atom. The van der Waals surface area contributed by atoms with Crippen molar-refractivity contribution in [3.63, 3.8) is 0 Å². The number of ether oxygens (including phenoxy) is 1. The van der Waals surface area contributed by atoms with Crippen molar-refractivity contribution in [2.45, 2.75) is 25.9 Å². The fourth-order valence-corrected chi connectivity index (χ4v) is 3.66. The molecule has 1 fully saturated rings. The maximum atomic E-state index is 12.7. The predicted molar refractivity (Wildman–Crippen MR) is 83.9 cm³/mol. The van der Waals surface area contributed by atoms with Gasteiger partial charge in [0, 0.05) is 18.2 Å². The van der Waals surface area contributed by atoms with E-state index < -0.39 is 6.04 Å². The van der Waals surface area contributed by atoms with Gasteiger partial charge in [0.15, 0.2) is 0 Å². The Morgan fingerprint density at radius 1 is 1.38 bits per heavy atom. The molecular formula is C16H21NO3S. The van der Waals surface area contributed by atoms with Gasteiger partial charge < -0.3 is 9.64 Å². The van der Waals surface area contributed by atoms with E-state index in [1.165, 1.54) is 7.11 Å². The highest BCUT2D eigenvalue weighted by molar-refractivity contribution is 7.99. The van der Waals surface area contributed by atoms with Crippen molar-refractivity contribution in [3.05, 3.63) is 35.9 Å². The first-order valence-corrected chi connectivity index (χ1v) is 8.29. The molecule has 4 nitrogen and oxygen atoms in total. The Bertz CT molecular complexity index is 486. The number of nitrogens with zero attached hydrogens (tertiary/aromatic N) is 1. The van der Waals surface area contributed by atoms with Crippen molar-refractivity contribution in [1.29, 1.82) is 0 Å². The second-order valence-electron chi connectivity index (χ2n) is 5.21. The van der Waals surface area contributed by atoms with Crippen molar-refractivity contribution >= 4 is 23.6 Å². The minimum atomic E-state index is -0.562. The molecule has 1 aliphatic rings. The van der Waals surface area contributed by atoms with Crippen LogP contribution in [0.1, 0.15) is 18.9 Å². The van der Waals surface area contributed by atoms with E-state index in [-0.39, 0.29) is 17.8 Å². The Hall–Kier alpha value is -1.49. The SMILES string of the molecule is COC(=O)[C@H](C)N(Cc1ccccc1)C(=O)[C@@H]1CCSC1. The molecule has 0 unspecified atom stereocenters. The maximum Gasteiger partial charge on any atom is 0.328 e. The van der Waals surface area contributed by atoms with Crippen LogP contribution in [0.15, 0.2) is 30.3 Å². The summed E-state index contributed by atoms with van der Waals surface area (Å²) in [6.45, 7) is 2.17. The summed E-state index contributed by atoms with van der Waals surface area (Å²) in [6.07, 6.45) is 0.892. The molecule has 0 bridgehead atoms. The van der Waals surface area contributed by atoms with Gasteiger partial charge in [0.25, 0.3) is 0 Å². The molecule has 0 N–H and O–H groups in total. The third-order valence-corrected chi connectivity index (χ3v) is 4.93. The van der Waals surface area contributed by atoms with E-state index in [0.29, 0.717) is 6.54 Å². The van der Waals surface area contributed by atoms with Gasteiger partial charge in [-0.05, 0) is 24.7 Å². The maximum absolute atomic E-state index is 12.7. The summed E-state index contributed by atoms with van der Waals surface area (Å²) in [5.74, 6) is 1.57. The first kappa shape index (κ1) is 15.9. The van der Waals surface area contributed by atoms with Gasteiger partial charge in [-0.1, -0.05) is 30.3 Å². The summed E-state index contributed by atoms with van der Waals surface area (Å²) in [6, 6.07) is 9.18. The molecule has 1 amide bonds. The lowest BCUT2D eigenvalue weighted by molar-refractivity contribution is -0.153. The van der Waals surface area contributed by atoms with Gasteiger partial charge in [-0.15, -0.1) is 0 Å². The number of thioether (sulfide) groups is 1. The summed E-state index contributed by atoms with van der Waals surface area (Å²) in [5.41, 5.74) is 1.02. The van der Waals surface area contributed by atoms with Crippen LogP contribution >= 0.6 is 11.8 Å². The van der Waals surface area contributed by atoms with Gasteiger partial charge in [0.1, 0.15) is 6.04 Å². The molecule has 1 aromatic carbocycles. The fourth-order valence-electron chi connectivity index (χ4n) is 2.45. The smallest absolute Gasteiger partial charge is 0.328 e. The molecule has 1 aromatic rings. The zero-order valence-corrected chi connectivity index (χ0v) is 13.3. The van der Waals surface area contributed by atoms with Crippen molar-refractivity contribution in [1.82, 2.24) is 4.90 Å². The van der Waals surface area contributed by atoms with E-state index in [2.05, 4.69) is 0 Å². The van der Waals surface area contributed by atoms with Crippen LogP contribution in [0.25, 0.3) is 0 Å². The molecule has 21 heavy (non-hydrogen) atoms. The van der Waals surface area contributed by atoms with Crippen molar-refractivity contribution in [2.24, 2.45) is 5.92 Å². The summed E-state index contributed by atoms with van der Waals surface area (Å²) in [5, 5.41) is 0. The van der Waals surface area contributed by atoms with Gasteiger partial charge >= 0.3 is 5.97 Å². The Labute approximate surface area is 129 Å². The van der Waals surface area contributed by atoms with Crippen LogP contribution in [0.4, 0.5) is 0 Å². The highest BCUT2D eigenvalue weighted by Gasteiger charge is 2.33. The van der Waals surface area contributed by atoms with E-state index in [4.69, 9.17) is 4.74 Å². The lowest BCUT2D eigenvalue weighted by Crippen LogP contribution is -2.46. The van der Waals surface area contributed by atoms with Crippen LogP contribution in [0, 0.1) is 5.92 Å². The molecule has 2 atom stereocenters. The average Bonchev–Trinajstić information content (AvgIpc) is 3.06. The minimum absolute atomic E-state index is 0.0193. The standard InChI is InChI=1S/C16H21NO3S/c1-12(16(19)20-2)17(10-13-6-4-3-5-7-13)15(18)14-8-9-21-11-14/h3-7,12,14H,8-11H2,1-2H3/t12-,14+/m0/s1. The van der Waals surface area contributed by atoms with Crippen LogP contribution in [-0.4, -0.2) is 41.4 Å². The first-order valence-electron chi connectivity index (χ1n) is 7.13. The molecule has 1 saturated heterocycles. The van der Waals surface area contributed by atoms with E-state index >= 15 is 0 Å².